The number of rotatable bonds is 5. The van der Waals surface area contributed by atoms with E-state index in [1.54, 1.807) is 12.1 Å². The van der Waals surface area contributed by atoms with Crippen molar-refractivity contribution in [2.75, 3.05) is 12.8 Å². The van der Waals surface area contributed by atoms with Gasteiger partial charge in [0.15, 0.2) is 10.9 Å². The molecule has 0 aromatic carbocycles. The van der Waals surface area contributed by atoms with Crippen LogP contribution in [0.1, 0.15) is 17.0 Å². The van der Waals surface area contributed by atoms with Gasteiger partial charge in [0.2, 0.25) is 0 Å². The quantitative estimate of drug-likeness (QED) is 0.742. The lowest BCUT2D eigenvalue weighted by Crippen LogP contribution is -2.25. The van der Waals surface area contributed by atoms with E-state index in [0.29, 0.717) is 5.09 Å². The smallest absolute Gasteiger partial charge is 0.305 e. The van der Waals surface area contributed by atoms with E-state index in [4.69, 9.17) is 9.52 Å². The Bertz CT molecular complexity index is 361. The molecule has 0 aliphatic rings. The van der Waals surface area contributed by atoms with E-state index < -0.39 is 11.9 Å². The van der Waals surface area contributed by atoms with Crippen molar-refractivity contribution in [3.05, 3.63) is 17.9 Å². The second-order valence-corrected chi connectivity index (χ2v) is 3.53. The van der Waals surface area contributed by atoms with Crippen molar-refractivity contribution < 1.29 is 19.1 Å². The molecule has 0 saturated heterocycles. The molecule has 15 heavy (non-hydrogen) atoms. The Labute approximate surface area is 90.8 Å². The lowest BCUT2D eigenvalue weighted by molar-refractivity contribution is -0.136. The lowest BCUT2D eigenvalue weighted by Gasteiger charge is -1.99. The molecule has 5 nitrogen and oxygen atoms in total. The number of carbonyl (C=O) groups excluding carboxylic acids is 1. The summed E-state index contributed by atoms with van der Waals surface area (Å²) in [6.45, 7) is 0.101. The van der Waals surface area contributed by atoms with Gasteiger partial charge in [0.1, 0.15) is 0 Å². The second kappa shape index (κ2) is 5.45. The minimum atomic E-state index is -0.945. The molecule has 0 unspecified atom stereocenters. The minimum absolute atomic E-state index is 0.0954. The van der Waals surface area contributed by atoms with E-state index in [0.717, 1.165) is 0 Å². The largest absolute Gasteiger partial charge is 0.481 e. The maximum absolute atomic E-state index is 11.3. The van der Waals surface area contributed by atoms with Crippen LogP contribution in [-0.2, 0) is 4.79 Å². The van der Waals surface area contributed by atoms with Crippen molar-refractivity contribution >= 4 is 23.6 Å². The highest BCUT2D eigenvalue weighted by Crippen LogP contribution is 2.17. The third kappa shape index (κ3) is 3.67. The average molecular weight is 229 g/mol. The van der Waals surface area contributed by atoms with Crippen molar-refractivity contribution in [1.82, 2.24) is 5.32 Å². The number of amides is 1. The van der Waals surface area contributed by atoms with Crippen LogP contribution in [0.5, 0.6) is 0 Å². The fourth-order valence-corrected chi connectivity index (χ4v) is 1.30. The number of furan rings is 1. The van der Waals surface area contributed by atoms with E-state index in [9.17, 15) is 9.59 Å². The molecule has 1 heterocycles. The summed E-state index contributed by atoms with van der Waals surface area (Å²) < 4.78 is 5.16. The summed E-state index contributed by atoms with van der Waals surface area (Å²) in [6, 6.07) is 3.25. The third-order valence-corrected chi connectivity index (χ3v) is 2.25. The number of carbonyl (C=O) groups is 2. The second-order valence-electron chi connectivity index (χ2n) is 2.72. The van der Waals surface area contributed by atoms with Crippen molar-refractivity contribution in [1.29, 1.82) is 0 Å². The number of hydrogen-bond acceptors (Lipinski definition) is 4. The van der Waals surface area contributed by atoms with Crippen molar-refractivity contribution in [3.8, 4) is 0 Å². The molecule has 1 rings (SSSR count). The zero-order valence-electron chi connectivity index (χ0n) is 8.15. The van der Waals surface area contributed by atoms with Crippen molar-refractivity contribution in [2.45, 2.75) is 11.5 Å². The predicted octanol–water partition coefficient (Wildman–Crippen LogP) is 1.21. The van der Waals surface area contributed by atoms with Gasteiger partial charge in [0, 0.05) is 6.54 Å². The number of hydrogen-bond donors (Lipinski definition) is 2. The molecule has 0 atom stereocenters. The van der Waals surface area contributed by atoms with Crippen molar-refractivity contribution in [2.24, 2.45) is 0 Å². The normalized spacial score (nSPS) is 9.93. The molecule has 0 radical (unpaired) electrons. The predicted molar refractivity (Wildman–Crippen MR) is 55.1 cm³/mol. The first kappa shape index (κ1) is 11.6. The summed E-state index contributed by atoms with van der Waals surface area (Å²) in [5.74, 6) is -1.14. The van der Waals surface area contributed by atoms with Gasteiger partial charge in [-0.3, -0.25) is 9.59 Å². The van der Waals surface area contributed by atoms with Crippen LogP contribution in [0.15, 0.2) is 21.6 Å². The maximum atomic E-state index is 11.3. The minimum Gasteiger partial charge on any atom is -0.481 e. The Balaban J connectivity index is 2.43. The topological polar surface area (TPSA) is 79.5 Å². The van der Waals surface area contributed by atoms with Gasteiger partial charge < -0.3 is 14.8 Å². The molecule has 1 aromatic rings. The molecule has 6 heteroatoms. The van der Waals surface area contributed by atoms with Gasteiger partial charge in [-0.2, -0.15) is 0 Å². The van der Waals surface area contributed by atoms with E-state index in [2.05, 4.69) is 5.32 Å². The third-order valence-electron chi connectivity index (χ3n) is 1.63. The van der Waals surface area contributed by atoms with Crippen LogP contribution in [0.3, 0.4) is 0 Å². The Hall–Kier alpha value is -1.43. The number of aliphatic carboxylic acids is 1. The zero-order chi connectivity index (χ0) is 11.3. The Morgan fingerprint density at radius 1 is 1.53 bits per heavy atom. The number of carboxylic acid groups (broad SMARTS) is 1. The van der Waals surface area contributed by atoms with Crippen molar-refractivity contribution in [3.63, 3.8) is 0 Å². The first-order chi connectivity index (χ1) is 7.13. The summed E-state index contributed by atoms with van der Waals surface area (Å²) in [5, 5.41) is 11.5. The molecule has 2 N–H and O–H groups in total. The molecule has 1 amide bonds. The molecule has 0 saturated carbocycles. The average Bonchev–Trinajstić information content (AvgIpc) is 2.65. The van der Waals surface area contributed by atoms with E-state index in [1.165, 1.54) is 11.8 Å². The summed E-state index contributed by atoms with van der Waals surface area (Å²) in [4.78, 5) is 21.5. The van der Waals surface area contributed by atoms with Crippen LogP contribution < -0.4 is 5.32 Å². The van der Waals surface area contributed by atoms with E-state index in [-0.39, 0.29) is 18.7 Å². The summed E-state index contributed by atoms with van der Waals surface area (Å²) in [5.41, 5.74) is 0. The molecule has 0 aliphatic heterocycles. The van der Waals surface area contributed by atoms with Crippen LogP contribution in [0.25, 0.3) is 0 Å². The Morgan fingerprint density at radius 2 is 2.27 bits per heavy atom. The van der Waals surface area contributed by atoms with E-state index >= 15 is 0 Å². The monoisotopic (exact) mass is 229 g/mol. The summed E-state index contributed by atoms with van der Waals surface area (Å²) >= 11 is 1.39. The maximum Gasteiger partial charge on any atom is 0.305 e. The molecule has 82 valence electrons. The summed E-state index contributed by atoms with van der Waals surface area (Å²) in [6.07, 6.45) is 1.74. The van der Waals surface area contributed by atoms with Crippen LogP contribution in [-0.4, -0.2) is 29.8 Å². The number of nitrogens with one attached hydrogen (secondary N) is 1. The molecule has 1 aromatic heterocycles. The highest BCUT2D eigenvalue weighted by Gasteiger charge is 2.10. The number of carboxylic acids is 1. The van der Waals surface area contributed by atoms with Gasteiger partial charge in [0.05, 0.1) is 6.42 Å². The van der Waals surface area contributed by atoms with E-state index in [1.807, 2.05) is 6.26 Å². The van der Waals surface area contributed by atoms with Crippen LogP contribution >= 0.6 is 11.8 Å². The van der Waals surface area contributed by atoms with Crippen LogP contribution in [0.4, 0.5) is 0 Å². The lowest BCUT2D eigenvalue weighted by atomic mass is 10.4. The molecule has 0 fully saturated rings. The molecule has 0 bridgehead atoms. The zero-order valence-corrected chi connectivity index (χ0v) is 8.97. The van der Waals surface area contributed by atoms with Gasteiger partial charge in [-0.15, -0.1) is 0 Å². The molecule has 0 spiro atoms. The standard InChI is InChI=1S/C9H11NO4S/c1-15-8-3-2-6(14-8)9(13)10-5-4-7(11)12/h2-3H,4-5H2,1H3,(H,10,13)(H,11,12). The Morgan fingerprint density at radius 3 is 2.80 bits per heavy atom. The first-order valence-electron chi connectivity index (χ1n) is 4.27. The van der Waals surface area contributed by atoms with Gasteiger partial charge in [-0.05, 0) is 18.4 Å². The van der Waals surface area contributed by atoms with Gasteiger partial charge in [0.25, 0.3) is 5.91 Å². The highest BCUT2D eigenvalue weighted by molar-refractivity contribution is 7.98. The SMILES string of the molecule is CSc1ccc(C(=O)NCCC(=O)O)o1. The van der Waals surface area contributed by atoms with Crippen LogP contribution in [0.2, 0.25) is 0 Å². The van der Waals surface area contributed by atoms with Gasteiger partial charge >= 0.3 is 5.97 Å². The molecule has 0 aliphatic carbocycles. The van der Waals surface area contributed by atoms with Crippen LogP contribution in [0, 0.1) is 0 Å². The number of thioether (sulfide) groups is 1. The first-order valence-corrected chi connectivity index (χ1v) is 5.50. The molecular formula is C9H11NO4S. The molecular weight excluding hydrogens is 218 g/mol. The van der Waals surface area contributed by atoms with Gasteiger partial charge in [-0.1, -0.05) is 11.8 Å². The van der Waals surface area contributed by atoms with Gasteiger partial charge in [-0.25, -0.2) is 0 Å². The summed E-state index contributed by atoms with van der Waals surface area (Å²) in [7, 11) is 0. The fourth-order valence-electron chi connectivity index (χ4n) is 0.922. The highest BCUT2D eigenvalue weighted by atomic mass is 32.2. The fraction of sp³-hybridized carbons (Fsp3) is 0.333. The Kier molecular flexibility index (Phi) is 4.23.